The van der Waals surface area contributed by atoms with Crippen LogP contribution in [0.15, 0.2) is 23.3 Å². The highest BCUT2D eigenvalue weighted by Crippen LogP contribution is 2.31. The van der Waals surface area contributed by atoms with Crippen molar-refractivity contribution >= 4 is 22.3 Å². The molecular formula is C14H20N4O. The fourth-order valence-electron chi connectivity index (χ4n) is 1.97. The molecule has 0 fully saturated rings. The number of aromatic amines is 1. The van der Waals surface area contributed by atoms with Gasteiger partial charge < -0.3 is 15.6 Å². The average Bonchev–Trinajstić information content (AvgIpc) is 2.38. The third-order valence-corrected chi connectivity index (χ3v) is 3.92. The lowest BCUT2D eigenvalue weighted by atomic mass is 9.98. The van der Waals surface area contributed by atoms with Gasteiger partial charge in [-0.2, -0.15) is 0 Å². The first-order valence-corrected chi connectivity index (χ1v) is 6.37. The Hall–Kier alpha value is -2.04. The Labute approximate surface area is 112 Å². The molecule has 0 unspecified atom stereocenters. The zero-order valence-electron chi connectivity index (χ0n) is 11.8. The summed E-state index contributed by atoms with van der Waals surface area (Å²) in [5, 5.41) is 0.520. The van der Waals surface area contributed by atoms with Gasteiger partial charge in [-0.1, -0.05) is 6.92 Å². The summed E-state index contributed by atoms with van der Waals surface area (Å²) >= 11 is 0. The summed E-state index contributed by atoms with van der Waals surface area (Å²) in [5.74, 6) is 0. The number of rotatable bonds is 3. The van der Waals surface area contributed by atoms with Gasteiger partial charge in [0.1, 0.15) is 0 Å². The molecule has 1 aromatic heterocycles. The van der Waals surface area contributed by atoms with Gasteiger partial charge >= 0.3 is 0 Å². The molecule has 0 radical (unpaired) electrons. The van der Waals surface area contributed by atoms with E-state index in [0.717, 1.165) is 12.1 Å². The summed E-state index contributed by atoms with van der Waals surface area (Å²) in [6.45, 7) is 6.44. The van der Waals surface area contributed by atoms with Crippen molar-refractivity contribution in [3.63, 3.8) is 0 Å². The van der Waals surface area contributed by atoms with E-state index in [4.69, 9.17) is 5.73 Å². The minimum absolute atomic E-state index is 0.0109. The molecule has 0 atom stereocenters. The Morgan fingerprint density at radius 2 is 2.11 bits per heavy atom. The van der Waals surface area contributed by atoms with E-state index >= 15 is 0 Å². The second-order valence-corrected chi connectivity index (χ2v) is 5.38. The van der Waals surface area contributed by atoms with E-state index in [-0.39, 0.29) is 11.1 Å². The summed E-state index contributed by atoms with van der Waals surface area (Å²) in [5.41, 5.74) is 8.06. The maximum Gasteiger partial charge on any atom is 0.258 e. The van der Waals surface area contributed by atoms with Crippen molar-refractivity contribution in [1.29, 1.82) is 0 Å². The van der Waals surface area contributed by atoms with Gasteiger partial charge in [-0.15, -0.1) is 0 Å². The molecule has 0 amide bonds. The number of H-pyrrole nitrogens is 1. The van der Waals surface area contributed by atoms with E-state index < -0.39 is 0 Å². The van der Waals surface area contributed by atoms with Crippen molar-refractivity contribution < 1.29 is 0 Å². The molecule has 5 heteroatoms. The second-order valence-electron chi connectivity index (χ2n) is 5.38. The number of nitrogens with zero attached hydrogens (tertiary/aromatic N) is 2. The number of nitrogens with one attached hydrogen (secondary N) is 1. The van der Waals surface area contributed by atoms with Gasteiger partial charge in [0.25, 0.3) is 5.56 Å². The molecule has 0 aliphatic rings. The van der Waals surface area contributed by atoms with Crippen molar-refractivity contribution in [3.05, 3.63) is 28.8 Å². The lowest BCUT2D eigenvalue weighted by Gasteiger charge is -2.37. The van der Waals surface area contributed by atoms with Gasteiger partial charge in [-0.25, -0.2) is 4.98 Å². The topological polar surface area (TPSA) is 75.0 Å². The number of benzene rings is 1. The lowest BCUT2D eigenvalue weighted by molar-refractivity contribution is 0.471. The third-order valence-electron chi connectivity index (χ3n) is 3.92. The number of aromatic nitrogens is 2. The first-order chi connectivity index (χ1) is 8.86. The minimum atomic E-state index is -0.166. The molecule has 0 aliphatic heterocycles. The van der Waals surface area contributed by atoms with Crippen molar-refractivity contribution in [1.82, 2.24) is 9.97 Å². The van der Waals surface area contributed by atoms with Crippen LogP contribution < -0.4 is 16.2 Å². The van der Waals surface area contributed by atoms with Crippen LogP contribution in [0, 0.1) is 0 Å². The summed E-state index contributed by atoms with van der Waals surface area (Å²) in [6.07, 6.45) is 2.40. The van der Waals surface area contributed by atoms with Crippen LogP contribution >= 0.6 is 0 Å². The second kappa shape index (κ2) is 4.57. The highest BCUT2D eigenvalue weighted by Gasteiger charge is 2.23. The zero-order valence-corrected chi connectivity index (χ0v) is 11.8. The monoisotopic (exact) mass is 260 g/mol. The molecule has 5 nitrogen and oxygen atoms in total. The molecule has 3 N–H and O–H groups in total. The number of anilines is 2. The molecule has 1 heterocycles. The summed E-state index contributed by atoms with van der Waals surface area (Å²) in [7, 11) is 2.01. The fraction of sp³-hybridized carbons (Fsp3) is 0.429. The maximum absolute atomic E-state index is 11.7. The van der Waals surface area contributed by atoms with Gasteiger partial charge in [-0.05, 0) is 32.4 Å². The quantitative estimate of drug-likeness (QED) is 0.829. The van der Waals surface area contributed by atoms with Crippen molar-refractivity contribution in [3.8, 4) is 0 Å². The number of fused-ring (bicyclic) bond motifs is 1. The van der Waals surface area contributed by atoms with E-state index in [1.54, 1.807) is 6.07 Å². The highest BCUT2D eigenvalue weighted by molar-refractivity contribution is 5.88. The third kappa shape index (κ3) is 2.28. The number of nitrogen functional groups attached to an aromatic ring is 1. The Kier molecular flexibility index (Phi) is 3.22. The van der Waals surface area contributed by atoms with Crippen LogP contribution in [0.2, 0.25) is 0 Å². The summed E-state index contributed by atoms with van der Waals surface area (Å²) in [4.78, 5) is 20.6. The van der Waals surface area contributed by atoms with Crippen LogP contribution in [0.25, 0.3) is 10.9 Å². The molecule has 0 aliphatic carbocycles. The standard InChI is InChI=1S/C14H20N4O/c1-5-14(2,3)18(4)12-7-11-9(6-10(12)15)13(19)17-8-16-11/h6-8H,5,15H2,1-4H3,(H,16,17,19). The van der Waals surface area contributed by atoms with E-state index in [9.17, 15) is 4.79 Å². The largest absolute Gasteiger partial charge is 0.397 e. The number of hydrogen-bond acceptors (Lipinski definition) is 4. The first-order valence-electron chi connectivity index (χ1n) is 6.37. The number of hydrogen-bond donors (Lipinski definition) is 2. The Morgan fingerprint density at radius 1 is 1.42 bits per heavy atom. The van der Waals surface area contributed by atoms with Gasteiger partial charge in [0, 0.05) is 12.6 Å². The van der Waals surface area contributed by atoms with Crippen molar-refractivity contribution in [2.75, 3.05) is 17.7 Å². The number of nitrogens with two attached hydrogens (primary N) is 1. The van der Waals surface area contributed by atoms with Crippen LogP contribution in [0.4, 0.5) is 11.4 Å². The molecule has 0 saturated carbocycles. The van der Waals surface area contributed by atoms with Gasteiger partial charge in [0.05, 0.1) is 28.6 Å². The summed E-state index contributed by atoms with van der Waals surface area (Å²) < 4.78 is 0. The van der Waals surface area contributed by atoms with Crippen molar-refractivity contribution in [2.45, 2.75) is 32.7 Å². The van der Waals surface area contributed by atoms with E-state index in [0.29, 0.717) is 16.6 Å². The van der Waals surface area contributed by atoms with Gasteiger partial charge in [-0.3, -0.25) is 4.79 Å². The van der Waals surface area contributed by atoms with E-state index in [2.05, 4.69) is 35.6 Å². The van der Waals surface area contributed by atoms with Crippen LogP contribution in [-0.4, -0.2) is 22.6 Å². The Bertz CT molecular complexity index is 660. The predicted molar refractivity (Wildman–Crippen MR) is 79.5 cm³/mol. The van der Waals surface area contributed by atoms with Gasteiger partial charge in [0.2, 0.25) is 0 Å². The van der Waals surface area contributed by atoms with Crippen LogP contribution in [-0.2, 0) is 0 Å². The smallest absolute Gasteiger partial charge is 0.258 e. The lowest BCUT2D eigenvalue weighted by Crippen LogP contribution is -2.40. The molecule has 2 rings (SSSR count). The van der Waals surface area contributed by atoms with Crippen LogP contribution in [0.5, 0.6) is 0 Å². The Morgan fingerprint density at radius 3 is 2.74 bits per heavy atom. The highest BCUT2D eigenvalue weighted by atomic mass is 16.1. The molecule has 102 valence electrons. The molecule has 19 heavy (non-hydrogen) atoms. The SMILES string of the molecule is CCC(C)(C)N(C)c1cc2nc[nH]c(=O)c2cc1N. The van der Waals surface area contributed by atoms with E-state index in [1.807, 2.05) is 13.1 Å². The summed E-state index contributed by atoms with van der Waals surface area (Å²) in [6, 6.07) is 3.57. The molecule has 0 spiro atoms. The molecule has 0 bridgehead atoms. The maximum atomic E-state index is 11.7. The minimum Gasteiger partial charge on any atom is -0.397 e. The zero-order chi connectivity index (χ0) is 14.2. The average molecular weight is 260 g/mol. The van der Waals surface area contributed by atoms with Crippen molar-refractivity contribution in [2.24, 2.45) is 0 Å². The molecular weight excluding hydrogens is 240 g/mol. The van der Waals surface area contributed by atoms with E-state index in [1.165, 1.54) is 6.33 Å². The molecule has 2 aromatic rings. The van der Waals surface area contributed by atoms with Crippen LogP contribution in [0.3, 0.4) is 0 Å². The molecule has 1 aromatic carbocycles. The van der Waals surface area contributed by atoms with Gasteiger partial charge in [0.15, 0.2) is 0 Å². The normalized spacial score (nSPS) is 11.8. The fourth-order valence-corrected chi connectivity index (χ4v) is 1.97. The molecule has 0 saturated heterocycles. The first kappa shape index (κ1) is 13.4. The Balaban J connectivity index is 2.63. The van der Waals surface area contributed by atoms with Crippen LogP contribution in [0.1, 0.15) is 27.2 Å². The predicted octanol–water partition coefficient (Wildman–Crippen LogP) is 2.13.